The summed E-state index contributed by atoms with van der Waals surface area (Å²) in [4.78, 5) is 27.6. The summed E-state index contributed by atoms with van der Waals surface area (Å²) in [5, 5.41) is 14.1. The number of hydrogen-bond donors (Lipinski definition) is 1. The molecule has 2 aromatic heterocycles. The maximum absolute atomic E-state index is 12.6. The quantitative estimate of drug-likeness (QED) is 0.533. The number of benzene rings is 1. The van der Waals surface area contributed by atoms with Crippen molar-refractivity contribution in [2.24, 2.45) is 0 Å². The third kappa shape index (κ3) is 6.45. The molecule has 9 heteroatoms. The zero-order valence-electron chi connectivity index (χ0n) is 16.0. The average molecular weight is 431 g/mol. The van der Waals surface area contributed by atoms with Gasteiger partial charge in [0, 0.05) is 37.1 Å². The topological polar surface area (TPSA) is 84.4 Å². The maximum atomic E-state index is 12.6. The van der Waals surface area contributed by atoms with Gasteiger partial charge in [0.1, 0.15) is 5.01 Å². The van der Waals surface area contributed by atoms with Gasteiger partial charge in [-0.15, -0.1) is 21.5 Å². The number of anilines is 1. The molecule has 0 aliphatic carbocycles. The molecule has 0 bridgehead atoms. The second-order valence-electron chi connectivity index (χ2n) is 6.21. The van der Waals surface area contributed by atoms with Crippen LogP contribution in [0, 0.1) is 0 Å². The van der Waals surface area contributed by atoms with Gasteiger partial charge >= 0.3 is 0 Å². The van der Waals surface area contributed by atoms with Crippen LogP contribution in [0.25, 0.3) is 10.6 Å². The van der Waals surface area contributed by atoms with Crippen LogP contribution in [0.2, 0.25) is 0 Å². The first-order valence-corrected chi connectivity index (χ1v) is 10.8. The van der Waals surface area contributed by atoms with E-state index in [1.54, 1.807) is 23.3 Å². The number of carbonyl (C=O) groups is 2. The first kappa shape index (κ1) is 21.1. The van der Waals surface area contributed by atoms with Crippen LogP contribution < -0.4 is 5.32 Å². The monoisotopic (exact) mass is 430 g/mol. The van der Waals surface area contributed by atoms with Crippen LogP contribution >= 0.6 is 22.7 Å². The van der Waals surface area contributed by atoms with Crippen LogP contribution in [0.5, 0.6) is 0 Å². The summed E-state index contributed by atoms with van der Waals surface area (Å²) in [7, 11) is 1.59. The average Bonchev–Trinajstić information content (AvgIpc) is 3.41. The Morgan fingerprint density at radius 1 is 1.10 bits per heavy atom. The Hall–Kier alpha value is -2.62. The molecule has 0 aliphatic heterocycles. The standard InChI is InChI=1S/C20H22N4O3S2/c1-27-12-11-24(18(26)14-16-8-5-13-28-16)10-9-17(25)21-20-23-22-19(29-20)15-6-3-2-4-7-15/h2-8,13H,9-12,14H2,1H3,(H,21,23,25). The summed E-state index contributed by atoms with van der Waals surface area (Å²) in [6.07, 6.45) is 0.514. The fraction of sp³-hybridized carbons (Fsp3) is 0.300. The summed E-state index contributed by atoms with van der Waals surface area (Å²) in [6.45, 7) is 1.20. The van der Waals surface area contributed by atoms with Crippen molar-refractivity contribution < 1.29 is 14.3 Å². The highest BCUT2D eigenvalue weighted by Gasteiger charge is 2.17. The van der Waals surface area contributed by atoms with Gasteiger partial charge in [0.05, 0.1) is 13.0 Å². The minimum atomic E-state index is -0.202. The van der Waals surface area contributed by atoms with E-state index in [-0.39, 0.29) is 18.2 Å². The van der Waals surface area contributed by atoms with Gasteiger partial charge in [-0.05, 0) is 11.4 Å². The van der Waals surface area contributed by atoms with E-state index in [2.05, 4.69) is 15.5 Å². The molecule has 2 heterocycles. The molecule has 0 aliphatic rings. The number of ether oxygens (including phenoxy) is 1. The van der Waals surface area contributed by atoms with Crippen LogP contribution in [0.3, 0.4) is 0 Å². The Labute approximate surface area is 177 Å². The van der Waals surface area contributed by atoms with E-state index >= 15 is 0 Å². The molecule has 1 aromatic carbocycles. The van der Waals surface area contributed by atoms with E-state index < -0.39 is 0 Å². The molecule has 152 valence electrons. The summed E-state index contributed by atoms with van der Waals surface area (Å²) < 4.78 is 5.10. The van der Waals surface area contributed by atoms with Crippen molar-refractivity contribution >= 4 is 39.6 Å². The van der Waals surface area contributed by atoms with Crippen molar-refractivity contribution in [3.05, 3.63) is 52.7 Å². The molecule has 7 nitrogen and oxygen atoms in total. The lowest BCUT2D eigenvalue weighted by atomic mass is 10.2. The largest absolute Gasteiger partial charge is 0.383 e. The van der Waals surface area contributed by atoms with Crippen LogP contribution in [0.1, 0.15) is 11.3 Å². The Kier molecular flexibility index (Phi) is 7.85. The normalized spacial score (nSPS) is 10.7. The third-order valence-electron chi connectivity index (χ3n) is 4.12. The van der Waals surface area contributed by atoms with Gasteiger partial charge in [-0.25, -0.2) is 0 Å². The smallest absolute Gasteiger partial charge is 0.227 e. The fourth-order valence-electron chi connectivity index (χ4n) is 2.63. The molecule has 0 saturated carbocycles. The fourth-order valence-corrected chi connectivity index (χ4v) is 4.09. The van der Waals surface area contributed by atoms with Gasteiger partial charge in [0.25, 0.3) is 0 Å². The highest BCUT2D eigenvalue weighted by atomic mass is 32.1. The molecule has 1 N–H and O–H groups in total. The number of amides is 2. The summed E-state index contributed by atoms with van der Waals surface area (Å²) in [6, 6.07) is 13.5. The Morgan fingerprint density at radius 3 is 2.66 bits per heavy atom. The third-order valence-corrected chi connectivity index (χ3v) is 5.89. The molecule has 3 aromatic rings. The highest BCUT2D eigenvalue weighted by Crippen LogP contribution is 2.25. The van der Waals surface area contributed by atoms with Crippen molar-refractivity contribution in [2.75, 3.05) is 32.1 Å². The molecule has 3 rings (SSSR count). The van der Waals surface area contributed by atoms with E-state index in [9.17, 15) is 9.59 Å². The van der Waals surface area contributed by atoms with Crippen LogP contribution in [-0.4, -0.2) is 53.7 Å². The zero-order valence-corrected chi connectivity index (χ0v) is 17.7. The molecule has 0 spiro atoms. The number of aromatic nitrogens is 2. The van der Waals surface area contributed by atoms with Crippen molar-refractivity contribution in [1.82, 2.24) is 15.1 Å². The lowest BCUT2D eigenvalue weighted by Crippen LogP contribution is -2.37. The van der Waals surface area contributed by atoms with E-state index in [1.807, 2.05) is 47.8 Å². The minimum absolute atomic E-state index is 0.0143. The number of rotatable bonds is 10. The van der Waals surface area contributed by atoms with Gasteiger partial charge in [0.2, 0.25) is 16.9 Å². The van der Waals surface area contributed by atoms with Gasteiger partial charge in [0.15, 0.2) is 0 Å². The van der Waals surface area contributed by atoms with Crippen molar-refractivity contribution in [1.29, 1.82) is 0 Å². The van der Waals surface area contributed by atoms with E-state index in [0.717, 1.165) is 15.4 Å². The lowest BCUT2D eigenvalue weighted by molar-refractivity contribution is -0.131. The lowest BCUT2D eigenvalue weighted by Gasteiger charge is -2.22. The van der Waals surface area contributed by atoms with Gasteiger partial charge in [-0.3, -0.25) is 9.59 Å². The minimum Gasteiger partial charge on any atom is -0.383 e. The van der Waals surface area contributed by atoms with E-state index in [4.69, 9.17) is 4.74 Å². The molecule has 0 radical (unpaired) electrons. The molecule has 0 fully saturated rings. The molecule has 29 heavy (non-hydrogen) atoms. The Balaban J connectivity index is 1.53. The first-order valence-electron chi connectivity index (χ1n) is 9.13. The number of nitrogens with one attached hydrogen (secondary N) is 1. The Morgan fingerprint density at radius 2 is 1.93 bits per heavy atom. The number of thiophene rings is 1. The van der Waals surface area contributed by atoms with Crippen LogP contribution in [0.4, 0.5) is 5.13 Å². The molecule has 0 unspecified atom stereocenters. The second-order valence-corrected chi connectivity index (χ2v) is 8.22. The van der Waals surface area contributed by atoms with Crippen molar-refractivity contribution in [2.45, 2.75) is 12.8 Å². The van der Waals surface area contributed by atoms with E-state index in [1.165, 1.54) is 11.3 Å². The number of hydrogen-bond acceptors (Lipinski definition) is 7. The zero-order chi connectivity index (χ0) is 20.5. The number of methoxy groups -OCH3 is 1. The molecular formula is C20H22N4O3S2. The highest BCUT2D eigenvalue weighted by molar-refractivity contribution is 7.18. The van der Waals surface area contributed by atoms with Crippen molar-refractivity contribution in [3.63, 3.8) is 0 Å². The molecule has 0 saturated heterocycles. The number of nitrogens with zero attached hydrogens (tertiary/aromatic N) is 3. The summed E-state index contributed by atoms with van der Waals surface area (Å²) in [5.74, 6) is -0.216. The van der Waals surface area contributed by atoms with E-state index in [0.29, 0.717) is 31.2 Å². The molecule has 2 amide bonds. The predicted octanol–water partition coefficient (Wildman–Crippen LogP) is 3.31. The molecular weight excluding hydrogens is 408 g/mol. The number of carbonyl (C=O) groups excluding carboxylic acids is 2. The summed E-state index contributed by atoms with van der Waals surface area (Å²) in [5.41, 5.74) is 0.954. The maximum Gasteiger partial charge on any atom is 0.227 e. The van der Waals surface area contributed by atoms with Gasteiger partial charge in [-0.2, -0.15) is 0 Å². The Bertz CT molecular complexity index is 913. The van der Waals surface area contributed by atoms with Crippen LogP contribution in [0.15, 0.2) is 47.8 Å². The van der Waals surface area contributed by atoms with Gasteiger partial charge in [-0.1, -0.05) is 47.7 Å². The van der Waals surface area contributed by atoms with Gasteiger partial charge < -0.3 is 15.0 Å². The van der Waals surface area contributed by atoms with Crippen molar-refractivity contribution in [3.8, 4) is 10.6 Å². The van der Waals surface area contributed by atoms with Crippen LogP contribution in [-0.2, 0) is 20.7 Å². The summed E-state index contributed by atoms with van der Waals surface area (Å²) >= 11 is 2.87. The SMILES string of the molecule is COCCN(CCC(=O)Nc1nnc(-c2ccccc2)s1)C(=O)Cc1cccs1. The molecule has 0 atom stereocenters. The first-order chi connectivity index (χ1) is 14.2. The predicted molar refractivity (Wildman–Crippen MR) is 115 cm³/mol. The second kappa shape index (κ2) is 10.8.